The maximum absolute atomic E-state index is 12.1. The summed E-state index contributed by atoms with van der Waals surface area (Å²) in [5.41, 5.74) is -0.556. The summed E-state index contributed by atoms with van der Waals surface area (Å²) < 4.78 is 0.895. The number of carbonyl (C=O) groups excluding carboxylic acids is 1. The summed E-state index contributed by atoms with van der Waals surface area (Å²) in [5, 5.41) is 11.9. The molecule has 2 rings (SSSR count). The third-order valence-electron chi connectivity index (χ3n) is 3.23. The van der Waals surface area contributed by atoms with Crippen molar-refractivity contribution in [3.63, 3.8) is 0 Å². The van der Waals surface area contributed by atoms with Crippen LogP contribution in [0.5, 0.6) is 0 Å². The van der Waals surface area contributed by atoms with E-state index in [1.165, 1.54) is 11.3 Å². The number of nitrogens with one attached hydrogen (secondary N) is 1. The molecule has 0 unspecified atom stereocenters. The second-order valence-electron chi connectivity index (χ2n) is 4.62. The van der Waals surface area contributed by atoms with Crippen LogP contribution in [0.3, 0.4) is 0 Å². The van der Waals surface area contributed by atoms with Gasteiger partial charge in [-0.1, -0.05) is 12.8 Å². The van der Waals surface area contributed by atoms with Gasteiger partial charge in [-0.15, -0.1) is 11.3 Å². The fraction of sp³-hybridized carbons (Fsp3) is 0.500. The average Bonchev–Trinajstić information content (AvgIpc) is 2.87. The van der Waals surface area contributed by atoms with Crippen molar-refractivity contribution in [2.24, 2.45) is 0 Å². The van der Waals surface area contributed by atoms with E-state index in [0.717, 1.165) is 29.5 Å². The number of hydrogen-bond acceptors (Lipinski definition) is 3. The third kappa shape index (κ3) is 3.11. The first-order valence-electron chi connectivity index (χ1n) is 5.80. The predicted octanol–water partition coefficient (Wildman–Crippen LogP) is 3.03. The molecule has 0 spiro atoms. The maximum atomic E-state index is 12.1. The highest BCUT2D eigenvalue weighted by molar-refractivity contribution is 9.11. The van der Waals surface area contributed by atoms with E-state index >= 15 is 0 Å². The molecule has 0 aromatic carbocycles. The van der Waals surface area contributed by atoms with Gasteiger partial charge >= 0.3 is 5.97 Å². The Kier molecular flexibility index (Phi) is 4.07. The van der Waals surface area contributed by atoms with Gasteiger partial charge in [0.15, 0.2) is 0 Å². The summed E-state index contributed by atoms with van der Waals surface area (Å²) in [6, 6.07) is 3.56. The van der Waals surface area contributed by atoms with Crippen LogP contribution in [0.4, 0.5) is 0 Å². The Morgan fingerprint density at radius 1 is 1.39 bits per heavy atom. The number of halogens is 1. The van der Waals surface area contributed by atoms with E-state index < -0.39 is 11.5 Å². The van der Waals surface area contributed by atoms with Gasteiger partial charge in [0.1, 0.15) is 0 Å². The van der Waals surface area contributed by atoms with Crippen LogP contribution in [0.1, 0.15) is 41.8 Å². The standard InChI is InChI=1S/C12H14BrNO3S/c13-9-4-3-8(18-9)11(17)14-12(7-10(15)16)5-1-2-6-12/h3-4H,1-2,5-7H2,(H,14,17)(H,15,16). The van der Waals surface area contributed by atoms with Crippen molar-refractivity contribution in [2.75, 3.05) is 0 Å². The SMILES string of the molecule is O=C(O)CC1(NC(=O)c2ccc(Br)s2)CCCC1. The van der Waals surface area contributed by atoms with Crippen LogP contribution in [0.2, 0.25) is 0 Å². The first-order valence-corrected chi connectivity index (χ1v) is 7.41. The van der Waals surface area contributed by atoms with Crippen molar-refractivity contribution in [3.8, 4) is 0 Å². The number of hydrogen-bond donors (Lipinski definition) is 2. The van der Waals surface area contributed by atoms with Gasteiger partial charge in [0, 0.05) is 0 Å². The predicted molar refractivity (Wildman–Crippen MR) is 72.9 cm³/mol. The van der Waals surface area contributed by atoms with Gasteiger partial charge in [0.05, 0.1) is 20.6 Å². The molecule has 2 N–H and O–H groups in total. The van der Waals surface area contributed by atoms with Crippen LogP contribution in [0, 0.1) is 0 Å². The van der Waals surface area contributed by atoms with Crippen LogP contribution in [0.15, 0.2) is 15.9 Å². The lowest BCUT2D eigenvalue weighted by Crippen LogP contribution is -2.47. The summed E-state index contributed by atoms with van der Waals surface area (Å²) >= 11 is 4.67. The summed E-state index contributed by atoms with van der Waals surface area (Å²) in [4.78, 5) is 23.6. The van der Waals surface area contributed by atoms with Crippen LogP contribution < -0.4 is 5.32 Å². The van der Waals surface area contributed by atoms with E-state index in [0.29, 0.717) is 4.88 Å². The largest absolute Gasteiger partial charge is 0.481 e. The molecule has 1 aromatic rings. The minimum absolute atomic E-state index is 0.00524. The van der Waals surface area contributed by atoms with Gasteiger partial charge in [-0.2, -0.15) is 0 Å². The number of thiophene rings is 1. The Bertz CT molecular complexity index is 466. The summed E-state index contributed by atoms with van der Waals surface area (Å²) in [7, 11) is 0. The van der Waals surface area contributed by atoms with E-state index in [4.69, 9.17) is 5.11 Å². The van der Waals surface area contributed by atoms with E-state index in [-0.39, 0.29) is 12.3 Å². The van der Waals surface area contributed by atoms with E-state index in [1.54, 1.807) is 6.07 Å². The highest BCUT2D eigenvalue weighted by Gasteiger charge is 2.37. The molecule has 1 fully saturated rings. The number of carboxylic acid groups (broad SMARTS) is 1. The quantitative estimate of drug-likeness (QED) is 0.891. The Balaban J connectivity index is 2.09. The Morgan fingerprint density at radius 3 is 2.56 bits per heavy atom. The van der Waals surface area contributed by atoms with Gasteiger partial charge in [-0.3, -0.25) is 9.59 Å². The average molecular weight is 332 g/mol. The summed E-state index contributed by atoms with van der Waals surface area (Å²) in [5.74, 6) is -1.03. The van der Waals surface area contributed by atoms with Crippen LogP contribution in [-0.2, 0) is 4.79 Å². The highest BCUT2D eigenvalue weighted by Crippen LogP contribution is 2.33. The Morgan fingerprint density at radius 2 is 2.06 bits per heavy atom. The number of rotatable bonds is 4. The van der Waals surface area contributed by atoms with Gasteiger partial charge < -0.3 is 10.4 Å². The molecule has 1 amide bonds. The zero-order valence-corrected chi connectivity index (χ0v) is 12.1. The molecule has 0 aliphatic heterocycles. The van der Waals surface area contributed by atoms with Gasteiger partial charge in [-0.25, -0.2) is 0 Å². The van der Waals surface area contributed by atoms with Crippen molar-refractivity contribution >= 4 is 39.1 Å². The fourth-order valence-corrected chi connectivity index (χ4v) is 3.71. The normalized spacial score (nSPS) is 17.6. The Labute approximate surface area is 118 Å². The molecular formula is C12H14BrNO3S. The number of amides is 1. The lowest BCUT2D eigenvalue weighted by Gasteiger charge is -2.28. The van der Waals surface area contributed by atoms with Crippen LogP contribution in [0.25, 0.3) is 0 Å². The second kappa shape index (κ2) is 5.40. The van der Waals surface area contributed by atoms with Gasteiger partial charge in [-0.05, 0) is 40.9 Å². The monoisotopic (exact) mass is 331 g/mol. The number of carboxylic acids is 1. The van der Waals surface area contributed by atoms with Crippen molar-refractivity contribution in [1.82, 2.24) is 5.32 Å². The summed E-state index contributed by atoms with van der Waals surface area (Å²) in [6.45, 7) is 0. The zero-order chi connectivity index (χ0) is 13.2. The van der Waals surface area contributed by atoms with Crippen LogP contribution in [-0.4, -0.2) is 22.5 Å². The molecular weight excluding hydrogens is 318 g/mol. The molecule has 1 heterocycles. The van der Waals surface area contributed by atoms with Crippen LogP contribution >= 0.6 is 27.3 Å². The molecule has 1 saturated carbocycles. The minimum Gasteiger partial charge on any atom is -0.481 e. The minimum atomic E-state index is -0.857. The molecule has 1 aromatic heterocycles. The second-order valence-corrected chi connectivity index (χ2v) is 7.08. The first-order chi connectivity index (χ1) is 8.51. The number of carbonyl (C=O) groups is 2. The van der Waals surface area contributed by atoms with E-state index in [1.807, 2.05) is 6.07 Å². The highest BCUT2D eigenvalue weighted by atomic mass is 79.9. The molecule has 0 saturated heterocycles. The van der Waals surface area contributed by atoms with Crippen molar-refractivity contribution in [3.05, 3.63) is 20.8 Å². The molecule has 6 heteroatoms. The first kappa shape index (κ1) is 13.5. The fourth-order valence-electron chi connectivity index (χ4n) is 2.43. The topological polar surface area (TPSA) is 66.4 Å². The van der Waals surface area contributed by atoms with Gasteiger partial charge in [0.25, 0.3) is 5.91 Å². The van der Waals surface area contributed by atoms with Crippen molar-refractivity contribution in [2.45, 2.75) is 37.6 Å². The Hall–Kier alpha value is -0.880. The van der Waals surface area contributed by atoms with Crippen molar-refractivity contribution < 1.29 is 14.7 Å². The van der Waals surface area contributed by atoms with E-state index in [9.17, 15) is 9.59 Å². The molecule has 98 valence electrons. The molecule has 18 heavy (non-hydrogen) atoms. The van der Waals surface area contributed by atoms with E-state index in [2.05, 4.69) is 21.2 Å². The summed E-state index contributed by atoms with van der Waals surface area (Å²) in [6.07, 6.45) is 3.45. The maximum Gasteiger partial charge on any atom is 0.305 e. The molecule has 0 radical (unpaired) electrons. The molecule has 4 nitrogen and oxygen atoms in total. The number of aliphatic carboxylic acids is 1. The molecule has 0 atom stereocenters. The van der Waals surface area contributed by atoms with Gasteiger partial charge in [0.2, 0.25) is 0 Å². The lowest BCUT2D eigenvalue weighted by molar-refractivity contribution is -0.138. The molecule has 1 aliphatic carbocycles. The van der Waals surface area contributed by atoms with Crippen molar-refractivity contribution in [1.29, 1.82) is 0 Å². The lowest BCUT2D eigenvalue weighted by atomic mass is 9.93. The zero-order valence-electron chi connectivity index (χ0n) is 9.74. The smallest absolute Gasteiger partial charge is 0.305 e. The molecule has 1 aliphatic rings. The molecule has 0 bridgehead atoms. The third-order valence-corrected chi connectivity index (χ3v) is 4.85.